The van der Waals surface area contributed by atoms with Gasteiger partial charge in [-0.25, -0.2) is 0 Å². The minimum absolute atomic E-state index is 0.0715. The highest BCUT2D eigenvalue weighted by molar-refractivity contribution is 7.99. The largest absolute Gasteiger partial charge is 0.486 e. The molecule has 0 aliphatic rings. The zero-order valence-electron chi connectivity index (χ0n) is 16.1. The van der Waals surface area contributed by atoms with E-state index in [1.54, 1.807) is 24.3 Å². The molecule has 0 fully saturated rings. The maximum atomic E-state index is 12.4. The second kappa shape index (κ2) is 9.26. The van der Waals surface area contributed by atoms with Crippen molar-refractivity contribution in [3.8, 4) is 5.75 Å². The molecular formula is C21H22ClN3O2S. The zero-order chi connectivity index (χ0) is 20.1. The first-order chi connectivity index (χ1) is 13.4. The van der Waals surface area contributed by atoms with Gasteiger partial charge >= 0.3 is 0 Å². The predicted molar refractivity (Wildman–Crippen MR) is 112 cm³/mol. The Morgan fingerprint density at radius 3 is 2.43 bits per heavy atom. The van der Waals surface area contributed by atoms with Gasteiger partial charge < -0.3 is 9.30 Å². The van der Waals surface area contributed by atoms with Gasteiger partial charge in [-0.05, 0) is 35.7 Å². The molecule has 0 atom stereocenters. The molecule has 0 spiro atoms. The number of Topliss-reactive ketones (excluding diaryl/α,β-unsaturated/α-hetero) is 1. The Hall–Kier alpha value is -2.31. The Kier molecular flexibility index (Phi) is 6.75. The van der Waals surface area contributed by atoms with Crippen molar-refractivity contribution in [2.24, 2.45) is 7.05 Å². The molecule has 3 rings (SSSR count). The number of nitrogens with zero attached hydrogens (tertiary/aromatic N) is 3. The minimum Gasteiger partial charge on any atom is -0.486 e. The van der Waals surface area contributed by atoms with E-state index in [2.05, 4.69) is 24.0 Å². The number of hydrogen-bond acceptors (Lipinski definition) is 5. The molecule has 0 N–H and O–H groups in total. The lowest BCUT2D eigenvalue weighted by Crippen LogP contribution is -2.06. The van der Waals surface area contributed by atoms with Crippen LogP contribution < -0.4 is 4.74 Å². The third-order valence-electron chi connectivity index (χ3n) is 4.34. The molecule has 1 heterocycles. The fourth-order valence-electron chi connectivity index (χ4n) is 2.54. The van der Waals surface area contributed by atoms with Crippen LogP contribution in [-0.2, 0) is 13.7 Å². The van der Waals surface area contributed by atoms with Gasteiger partial charge in [-0.2, -0.15) is 0 Å². The summed E-state index contributed by atoms with van der Waals surface area (Å²) >= 11 is 7.24. The molecule has 2 aromatic carbocycles. The number of halogens is 1. The summed E-state index contributed by atoms with van der Waals surface area (Å²) in [6.45, 7) is 4.56. The topological polar surface area (TPSA) is 57.0 Å². The molecule has 0 saturated heterocycles. The van der Waals surface area contributed by atoms with Crippen LogP contribution in [-0.4, -0.2) is 26.3 Å². The monoisotopic (exact) mass is 415 g/mol. The van der Waals surface area contributed by atoms with Gasteiger partial charge in [0.2, 0.25) is 0 Å². The number of benzene rings is 2. The lowest BCUT2D eigenvalue weighted by molar-refractivity contribution is 0.102. The second-order valence-corrected chi connectivity index (χ2v) is 8.07. The van der Waals surface area contributed by atoms with E-state index in [4.69, 9.17) is 16.3 Å². The molecule has 28 heavy (non-hydrogen) atoms. The van der Waals surface area contributed by atoms with E-state index in [-0.39, 0.29) is 12.4 Å². The van der Waals surface area contributed by atoms with E-state index in [1.807, 2.05) is 35.9 Å². The average Bonchev–Trinajstić information content (AvgIpc) is 3.05. The summed E-state index contributed by atoms with van der Waals surface area (Å²) in [6, 6.07) is 15.0. The summed E-state index contributed by atoms with van der Waals surface area (Å²) in [6.07, 6.45) is 0. The average molecular weight is 416 g/mol. The van der Waals surface area contributed by atoms with E-state index >= 15 is 0 Å². The molecule has 1 aromatic heterocycles. The van der Waals surface area contributed by atoms with Crippen molar-refractivity contribution in [2.45, 2.75) is 31.5 Å². The van der Waals surface area contributed by atoms with Crippen molar-refractivity contribution in [2.75, 3.05) is 5.75 Å². The Balaban J connectivity index is 1.56. The summed E-state index contributed by atoms with van der Waals surface area (Å²) in [4.78, 5) is 12.4. The molecule has 146 valence electrons. The Morgan fingerprint density at radius 1 is 1.11 bits per heavy atom. The molecule has 0 saturated carbocycles. The van der Waals surface area contributed by atoms with Crippen LogP contribution >= 0.6 is 23.4 Å². The normalized spacial score (nSPS) is 11.0. The highest BCUT2D eigenvalue weighted by Crippen LogP contribution is 2.21. The molecule has 5 nitrogen and oxygen atoms in total. The smallest absolute Gasteiger partial charge is 0.191 e. The molecule has 0 aliphatic carbocycles. The molecule has 3 aromatic rings. The van der Waals surface area contributed by atoms with Crippen LogP contribution in [0.5, 0.6) is 5.75 Å². The maximum absolute atomic E-state index is 12.4. The van der Waals surface area contributed by atoms with Crippen LogP contribution in [0.2, 0.25) is 5.02 Å². The summed E-state index contributed by atoms with van der Waals surface area (Å²) < 4.78 is 7.55. The summed E-state index contributed by atoms with van der Waals surface area (Å²) in [5.41, 5.74) is 1.94. The molecule has 0 amide bonds. The predicted octanol–water partition coefficient (Wildman–Crippen LogP) is 5.15. The van der Waals surface area contributed by atoms with Crippen LogP contribution in [0.4, 0.5) is 0 Å². The fraction of sp³-hybridized carbons (Fsp3) is 0.286. The molecule has 0 radical (unpaired) electrons. The highest BCUT2D eigenvalue weighted by Gasteiger charge is 2.13. The molecular weight excluding hydrogens is 394 g/mol. The number of ketones is 1. The molecule has 7 heteroatoms. The third kappa shape index (κ3) is 5.14. The van der Waals surface area contributed by atoms with Crippen LogP contribution in [0.15, 0.2) is 53.7 Å². The first-order valence-corrected chi connectivity index (χ1v) is 10.3. The van der Waals surface area contributed by atoms with Crippen molar-refractivity contribution in [1.82, 2.24) is 14.8 Å². The Bertz CT molecular complexity index is 937. The Labute approximate surface area is 174 Å². The first kappa shape index (κ1) is 20.4. The molecule has 0 aliphatic heterocycles. The maximum Gasteiger partial charge on any atom is 0.191 e. The van der Waals surface area contributed by atoms with E-state index in [0.29, 0.717) is 39.0 Å². The van der Waals surface area contributed by atoms with Gasteiger partial charge in [0.15, 0.2) is 16.8 Å². The highest BCUT2D eigenvalue weighted by atomic mass is 35.5. The summed E-state index contributed by atoms with van der Waals surface area (Å²) in [5.74, 6) is 2.23. The quantitative estimate of drug-likeness (QED) is 0.376. The van der Waals surface area contributed by atoms with Gasteiger partial charge in [0.25, 0.3) is 0 Å². The van der Waals surface area contributed by atoms with Crippen molar-refractivity contribution < 1.29 is 9.53 Å². The number of rotatable bonds is 8. The lowest BCUT2D eigenvalue weighted by atomic mass is 10.0. The summed E-state index contributed by atoms with van der Waals surface area (Å²) in [5, 5.41) is 9.67. The van der Waals surface area contributed by atoms with Crippen molar-refractivity contribution in [1.29, 1.82) is 0 Å². The molecule has 0 bridgehead atoms. The number of ether oxygens (including phenoxy) is 1. The van der Waals surface area contributed by atoms with Gasteiger partial charge in [0.1, 0.15) is 12.4 Å². The standard InChI is InChI=1S/C21H22ClN3O2S/c1-14(2)15-4-6-16(7-5-15)19(26)13-28-21-24-23-20(25(21)3)12-27-18-10-8-17(22)9-11-18/h4-11,14H,12-13H2,1-3H3. The van der Waals surface area contributed by atoms with Crippen molar-refractivity contribution in [3.63, 3.8) is 0 Å². The summed E-state index contributed by atoms with van der Waals surface area (Å²) in [7, 11) is 1.87. The van der Waals surface area contributed by atoms with E-state index in [9.17, 15) is 4.79 Å². The van der Waals surface area contributed by atoms with Crippen LogP contribution in [0.1, 0.15) is 41.5 Å². The number of carbonyl (C=O) groups excluding carboxylic acids is 1. The zero-order valence-corrected chi connectivity index (χ0v) is 17.6. The number of hydrogen-bond donors (Lipinski definition) is 0. The van der Waals surface area contributed by atoms with Crippen molar-refractivity contribution in [3.05, 3.63) is 70.5 Å². The number of thioether (sulfide) groups is 1. The van der Waals surface area contributed by atoms with Gasteiger partial charge in [-0.1, -0.05) is 61.5 Å². The Morgan fingerprint density at radius 2 is 1.79 bits per heavy atom. The third-order valence-corrected chi connectivity index (χ3v) is 5.61. The van der Waals surface area contributed by atoms with Gasteiger partial charge in [0, 0.05) is 17.6 Å². The lowest BCUT2D eigenvalue weighted by Gasteiger charge is -2.07. The number of aromatic nitrogens is 3. The van der Waals surface area contributed by atoms with Crippen LogP contribution in [0, 0.1) is 0 Å². The fourth-order valence-corrected chi connectivity index (χ4v) is 3.49. The van der Waals surface area contributed by atoms with E-state index < -0.39 is 0 Å². The van der Waals surface area contributed by atoms with Gasteiger partial charge in [-0.3, -0.25) is 4.79 Å². The van der Waals surface area contributed by atoms with Crippen LogP contribution in [0.3, 0.4) is 0 Å². The van der Waals surface area contributed by atoms with Gasteiger partial charge in [0.05, 0.1) is 5.75 Å². The van der Waals surface area contributed by atoms with Crippen molar-refractivity contribution >= 4 is 29.1 Å². The first-order valence-electron chi connectivity index (χ1n) is 8.96. The van der Waals surface area contributed by atoms with E-state index in [1.165, 1.54) is 17.3 Å². The SMILES string of the molecule is CC(C)c1ccc(C(=O)CSc2nnc(COc3ccc(Cl)cc3)n2C)cc1. The van der Waals surface area contributed by atoms with Crippen LogP contribution in [0.25, 0.3) is 0 Å². The minimum atomic E-state index is 0.0715. The second-order valence-electron chi connectivity index (χ2n) is 6.69. The molecule has 0 unspecified atom stereocenters. The van der Waals surface area contributed by atoms with E-state index in [0.717, 1.165) is 0 Å². The van der Waals surface area contributed by atoms with Gasteiger partial charge in [-0.15, -0.1) is 10.2 Å². The number of carbonyl (C=O) groups is 1.